The summed E-state index contributed by atoms with van der Waals surface area (Å²) in [5.41, 5.74) is 0.110. The highest BCUT2D eigenvalue weighted by molar-refractivity contribution is 5.88. The Kier molecular flexibility index (Phi) is 3.42. The standard InChI is InChI=1S/C11H10N2O5/c1-16-8-3-2-7(11(14)15)4-9(8)17-5-10-12-6-18-13-10/h2-4,6H,5H2,1H3,(H,14,15). The fraction of sp³-hybridized carbons (Fsp3) is 0.182. The molecule has 0 saturated carbocycles. The summed E-state index contributed by atoms with van der Waals surface area (Å²) in [6, 6.07) is 4.33. The molecule has 94 valence electrons. The predicted molar refractivity (Wildman–Crippen MR) is 58.6 cm³/mol. The van der Waals surface area contributed by atoms with Gasteiger partial charge in [-0.3, -0.25) is 0 Å². The predicted octanol–water partition coefficient (Wildman–Crippen LogP) is 1.36. The molecule has 2 aromatic rings. The lowest BCUT2D eigenvalue weighted by atomic mass is 10.2. The molecule has 0 radical (unpaired) electrons. The van der Waals surface area contributed by atoms with Crippen LogP contribution in [0.3, 0.4) is 0 Å². The monoisotopic (exact) mass is 250 g/mol. The minimum absolute atomic E-state index is 0.0654. The van der Waals surface area contributed by atoms with Gasteiger partial charge in [0, 0.05) is 0 Å². The molecule has 0 amide bonds. The first-order valence-corrected chi connectivity index (χ1v) is 5.00. The normalized spacial score (nSPS) is 10.1. The summed E-state index contributed by atoms with van der Waals surface area (Å²) < 4.78 is 15.0. The van der Waals surface area contributed by atoms with E-state index in [-0.39, 0.29) is 12.2 Å². The summed E-state index contributed by atoms with van der Waals surface area (Å²) in [5.74, 6) is 0.0607. The first kappa shape index (κ1) is 11.9. The molecular formula is C11H10N2O5. The van der Waals surface area contributed by atoms with Crippen LogP contribution < -0.4 is 9.47 Å². The van der Waals surface area contributed by atoms with Crippen molar-refractivity contribution < 1.29 is 23.9 Å². The highest BCUT2D eigenvalue weighted by atomic mass is 16.5. The molecule has 0 aliphatic rings. The summed E-state index contributed by atoms with van der Waals surface area (Å²) in [4.78, 5) is 14.6. The Bertz CT molecular complexity index is 538. The molecule has 0 aliphatic heterocycles. The van der Waals surface area contributed by atoms with Gasteiger partial charge >= 0.3 is 5.97 Å². The number of benzene rings is 1. The zero-order valence-electron chi connectivity index (χ0n) is 9.49. The summed E-state index contributed by atoms with van der Waals surface area (Å²) in [6.45, 7) is 0.0654. The molecule has 0 bridgehead atoms. The molecule has 0 unspecified atom stereocenters. The van der Waals surface area contributed by atoms with E-state index in [9.17, 15) is 4.79 Å². The quantitative estimate of drug-likeness (QED) is 0.855. The van der Waals surface area contributed by atoms with Gasteiger partial charge in [-0.25, -0.2) is 4.79 Å². The first-order chi connectivity index (χ1) is 8.70. The Hall–Kier alpha value is -2.57. The van der Waals surface area contributed by atoms with Gasteiger partial charge in [0.15, 0.2) is 18.1 Å². The van der Waals surface area contributed by atoms with Crippen molar-refractivity contribution in [3.05, 3.63) is 36.0 Å². The van der Waals surface area contributed by atoms with E-state index in [0.29, 0.717) is 17.3 Å². The van der Waals surface area contributed by atoms with Crippen molar-refractivity contribution in [2.24, 2.45) is 0 Å². The number of ether oxygens (including phenoxy) is 2. The van der Waals surface area contributed by atoms with Gasteiger partial charge in [0.25, 0.3) is 0 Å². The zero-order valence-corrected chi connectivity index (χ0v) is 9.49. The van der Waals surface area contributed by atoms with Gasteiger partial charge in [-0.15, -0.1) is 0 Å². The maximum Gasteiger partial charge on any atom is 0.335 e. The molecule has 0 fully saturated rings. The van der Waals surface area contributed by atoms with Gasteiger partial charge in [-0.1, -0.05) is 5.16 Å². The second kappa shape index (κ2) is 5.17. The lowest BCUT2D eigenvalue weighted by Gasteiger charge is -2.09. The SMILES string of the molecule is COc1ccc(C(=O)O)cc1OCc1ncon1. The Balaban J connectivity index is 2.18. The number of methoxy groups -OCH3 is 1. The van der Waals surface area contributed by atoms with Gasteiger partial charge in [0.1, 0.15) is 0 Å². The molecule has 0 spiro atoms. The maximum absolute atomic E-state index is 10.8. The fourth-order valence-corrected chi connectivity index (χ4v) is 1.32. The van der Waals surface area contributed by atoms with Crippen LogP contribution in [-0.2, 0) is 6.61 Å². The van der Waals surface area contributed by atoms with Crippen LogP contribution in [0, 0.1) is 0 Å². The van der Waals surface area contributed by atoms with Crippen molar-refractivity contribution in [2.75, 3.05) is 7.11 Å². The fourth-order valence-electron chi connectivity index (χ4n) is 1.32. The van der Waals surface area contributed by atoms with E-state index in [1.165, 1.54) is 31.7 Å². The van der Waals surface area contributed by atoms with E-state index in [0.717, 1.165) is 0 Å². The highest BCUT2D eigenvalue weighted by Gasteiger charge is 2.11. The van der Waals surface area contributed by atoms with Crippen LogP contribution >= 0.6 is 0 Å². The second-order valence-electron chi connectivity index (χ2n) is 3.31. The van der Waals surface area contributed by atoms with Crippen molar-refractivity contribution in [2.45, 2.75) is 6.61 Å². The van der Waals surface area contributed by atoms with Gasteiger partial charge in [0.2, 0.25) is 12.2 Å². The van der Waals surface area contributed by atoms with Gasteiger partial charge in [-0.2, -0.15) is 4.98 Å². The number of rotatable bonds is 5. The zero-order chi connectivity index (χ0) is 13.0. The van der Waals surface area contributed by atoms with Crippen LogP contribution in [-0.4, -0.2) is 28.3 Å². The average molecular weight is 250 g/mol. The highest BCUT2D eigenvalue weighted by Crippen LogP contribution is 2.28. The van der Waals surface area contributed by atoms with Crippen LogP contribution in [0.2, 0.25) is 0 Å². The largest absolute Gasteiger partial charge is 0.493 e. The molecular weight excluding hydrogens is 240 g/mol. The molecule has 18 heavy (non-hydrogen) atoms. The van der Waals surface area contributed by atoms with Crippen molar-refractivity contribution in [3.63, 3.8) is 0 Å². The van der Waals surface area contributed by atoms with E-state index >= 15 is 0 Å². The Morgan fingerprint density at radius 3 is 2.89 bits per heavy atom. The number of carbonyl (C=O) groups is 1. The molecule has 1 aromatic carbocycles. The molecule has 7 heteroatoms. The molecule has 1 heterocycles. The number of aromatic nitrogens is 2. The third kappa shape index (κ3) is 2.57. The Labute approximate surface area is 102 Å². The van der Waals surface area contributed by atoms with Crippen LogP contribution in [0.1, 0.15) is 16.2 Å². The van der Waals surface area contributed by atoms with Crippen molar-refractivity contribution in [3.8, 4) is 11.5 Å². The Morgan fingerprint density at radius 1 is 1.44 bits per heavy atom. The molecule has 1 aromatic heterocycles. The number of hydrogen-bond donors (Lipinski definition) is 1. The number of carboxylic acids is 1. The van der Waals surface area contributed by atoms with Gasteiger partial charge < -0.3 is 19.1 Å². The number of carboxylic acid groups (broad SMARTS) is 1. The second-order valence-corrected chi connectivity index (χ2v) is 3.31. The van der Waals surface area contributed by atoms with Crippen LogP contribution in [0.5, 0.6) is 11.5 Å². The third-order valence-corrected chi connectivity index (χ3v) is 2.17. The minimum atomic E-state index is -1.04. The van der Waals surface area contributed by atoms with Crippen LogP contribution in [0.4, 0.5) is 0 Å². The molecule has 0 atom stereocenters. The summed E-state index contributed by atoms with van der Waals surface area (Å²) in [6.07, 6.45) is 1.18. The van der Waals surface area contributed by atoms with Crippen LogP contribution in [0.25, 0.3) is 0 Å². The summed E-state index contributed by atoms with van der Waals surface area (Å²) >= 11 is 0. The van der Waals surface area contributed by atoms with Gasteiger partial charge in [0.05, 0.1) is 12.7 Å². The summed E-state index contributed by atoms with van der Waals surface area (Å²) in [7, 11) is 1.47. The molecule has 1 N–H and O–H groups in total. The van der Waals surface area contributed by atoms with E-state index in [4.69, 9.17) is 14.6 Å². The first-order valence-electron chi connectivity index (χ1n) is 5.00. The van der Waals surface area contributed by atoms with E-state index in [1.54, 1.807) is 0 Å². The number of hydrogen-bond acceptors (Lipinski definition) is 6. The number of nitrogens with zero attached hydrogens (tertiary/aromatic N) is 2. The molecule has 2 rings (SSSR count). The minimum Gasteiger partial charge on any atom is -0.493 e. The van der Waals surface area contributed by atoms with Crippen LogP contribution in [0.15, 0.2) is 29.1 Å². The summed E-state index contributed by atoms with van der Waals surface area (Å²) in [5, 5.41) is 12.5. The lowest BCUT2D eigenvalue weighted by molar-refractivity contribution is 0.0696. The van der Waals surface area contributed by atoms with Crippen molar-refractivity contribution in [1.29, 1.82) is 0 Å². The third-order valence-electron chi connectivity index (χ3n) is 2.17. The molecule has 0 aliphatic carbocycles. The Morgan fingerprint density at radius 2 is 2.28 bits per heavy atom. The van der Waals surface area contributed by atoms with E-state index in [1.807, 2.05) is 0 Å². The van der Waals surface area contributed by atoms with Crippen molar-refractivity contribution in [1.82, 2.24) is 10.1 Å². The van der Waals surface area contributed by atoms with E-state index < -0.39 is 5.97 Å². The lowest BCUT2D eigenvalue weighted by Crippen LogP contribution is -2.02. The molecule has 7 nitrogen and oxygen atoms in total. The average Bonchev–Trinajstić information content (AvgIpc) is 2.89. The maximum atomic E-state index is 10.8. The topological polar surface area (TPSA) is 94.7 Å². The van der Waals surface area contributed by atoms with E-state index in [2.05, 4.69) is 14.7 Å². The molecule has 0 saturated heterocycles. The smallest absolute Gasteiger partial charge is 0.335 e. The number of aromatic carboxylic acids is 1. The van der Waals surface area contributed by atoms with Gasteiger partial charge in [-0.05, 0) is 18.2 Å². The van der Waals surface area contributed by atoms with Crippen molar-refractivity contribution >= 4 is 5.97 Å².